The highest BCUT2D eigenvalue weighted by Gasteiger charge is 2.14. The summed E-state index contributed by atoms with van der Waals surface area (Å²) in [5, 5.41) is 3.21. The monoisotopic (exact) mass is 291 g/mol. The fraction of sp³-hybridized carbons (Fsp3) is 0.294. The second-order valence-electron chi connectivity index (χ2n) is 4.86. The molecule has 0 fully saturated rings. The molecule has 2 aromatic carbocycles. The van der Waals surface area contributed by atoms with E-state index >= 15 is 0 Å². The Kier molecular flexibility index (Phi) is 4.91. The lowest BCUT2D eigenvalue weighted by Crippen LogP contribution is -2.12. The number of aryl methyl sites for hydroxylation is 1. The van der Waals surface area contributed by atoms with Gasteiger partial charge in [0.25, 0.3) is 0 Å². The topological polar surface area (TPSA) is 21.3 Å². The molecule has 0 radical (unpaired) electrons. The standard InChI is InChI=1S/C17H19F2NO/c1-4-20-10-13-9-12(6-8-15(13)21-3)14-7-5-11(2)16(18)17(14)19/h5-9,20H,4,10H2,1-3H3. The zero-order valence-corrected chi connectivity index (χ0v) is 12.5. The van der Waals surface area contributed by atoms with Crippen LogP contribution in [0.2, 0.25) is 0 Å². The van der Waals surface area contributed by atoms with Crippen molar-refractivity contribution in [1.29, 1.82) is 0 Å². The zero-order chi connectivity index (χ0) is 15.4. The molecule has 0 spiro atoms. The number of hydrogen-bond donors (Lipinski definition) is 1. The lowest BCUT2D eigenvalue weighted by Gasteiger charge is -2.12. The van der Waals surface area contributed by atoms with E-state index in [1.54, 1.807) is 38.3 Å². The Morgan fingerprint density at radius 3 is 2.52 bits per heavy atom. The van der Waals surface area contributed by atoms with E-state index in [2.05, 4.69) is 5.32 Å². The Morgan fingerprint density at radius 2 is 1.86 bits per heavy atom. The van der Waals surface area contributed by atoms with E-state index < -0.39 is 11.6 Å². The number of hydrogen-bond acceptors (Lipinski definition) is 2. The van der Waals surface area contributed by atoms with Gasteiger partial charge in [0.2, 0.25) is 0 Å². The Bertz CT molecular complexity index is 641. The number of ether oxygens (including phenoxy) is 1. The average molecular weight is 291 g/mol. The van der Waals surface area contributed by atoms with Crippen molar-refractivity contribution in [1.82, 2.24) is 5.32 Å². The molecule has 2 rings (SSSR count). The summed E-state index contributed by atoms with van der Waals surface area (Å²) in [5.74, 6) is -0.876. The zero-order valence-electron chi connectivity index (χ0n) is 12.5. The fourth-order valence-electron chi connectivity index (χ4n) is 2.21. The van der Waals surface area contributed by atoms with Gasteiger partial charge in [-0.05, 0) is 36.7 Å². The second kappa shape index (κ2) is 6.68. The van der Waals surface area contributed by atoms with E-state index in [-0.39, 0.29) is 5.56 Å². The first-order chi connectivity index (χ1) is 10.1. The highest BCUT2D eigenvalue weighted by molar-refractivity contribution is 5.67. The first kappa shape index (κ1) is 15.4. The van der Waals surface area contributed by atoms with Crippen molar-refractivity contribution in [2.45, 2.75) is 20.4 Å². The van der Waals surface area contributed by atoms with Crippen LogP contribution >= 0.6 is 0 Å². The van der Waals surface area contributed by atoms with Crippen LogP contribution in [-0.4, -0.2) is 13.7 Å². The first-order valence-electron chi connectivity index (χ1n) is 6.91. The van der Waals surface area contributed by atoms with Gasteiger partial charge in [-0.25, -0.2) is 8.78 Å². The van der Waals surface area contributed by atoms with E-state index in [9.17, 15) is 8.78 Å². The molecule has 0 aliphatic heterocycles. The third-order valence-electron chi connectivity index (χ3n) is 3.43. The summed E-state index contributed by atoms with van der Waals surface area (Å²) in [6.07, 6.45) is 0. The van der Waals surface area contributed by atoms with E-state index in [1.165, 1.54) is 0 Å². The number of halogens is 2. The third-order valence-corrected chi connectivity index (χ3v) is 3.43. The van der Waals surface area contributed by atoms with Crippen LogP contribution in [0.1, 0.15) is 18.1 Å². The van der Waals surface area contributed by atoms with Gasteiger partial charge in [-0.2, -0.15) is 0 Å². The second-order valence-corrected chi connectivity index (χ2v) is 4.86. The van der Waals surface area contributed by atoms with E-state index in [0.717, 1.165) is 17.9 Å². The molecule has 21 heavy (non-hydrogen) atoms. The van der Waals surface area contributed by atoms with Gasteiger partial charge in [0.1, 0.15) is 5.75 Å². The smallest absolute Gasteiger partial charge is 0.166 e. The molecule has 0 aromatic heterocycles. The Hall–Kier alpha value is -1.94. The van der Waals surface area contributed by atoms with E-state index in [0.29, 0.717) is 17.7 Å². The molecule has 0 unspecified atom stereocenters. The third kappa shape index (κ3) is 3.22. The molecule has 0 heterocycles. The van der Waals surface area contributed by atoms with Crippen molar-refractivity contribution in [3.63, 3.8) is 0 Å². The van der Waals surface area contributed by atoms with Gasteiger partial charge in [0.05, 0.1) is 7.11 Å². The van der Waals surface area contributed by atoms with Gasteiger partial charge < -0.3 is 10.1 Å². The molecule has 112 valence electrons. The lowest BCUT2D eigenvalue weighted by molar-refractivity contribution is 0.408. The maximum Gasteiger partial charge on any atom is 0.166 e. The molecule has 0 saturated heterocycles. The van der Waals surface area contributed by atoms with Gasteiger partial charge in [-0.3, -0.25) is 0 Å². The predicted molar refractivity (Wildman–Crippen MR) is 80.5 cm³/mol. The molecule has 0 saturated carbocycles. The number of benzene rings is 2. The molecule has 0 aliphatic rings. The summed E-state index contributed by atoms with van der Waals surface area (Å²) in [6.45, 7) is 4.99. The quantitative estimate of drug-likeness (QED) is 0.897. The average Bonchev–Trinajstić information content (AvgIpc) is 2.50. The molecule has 4 heteroatoms. The van der Waals surface area contributed by atoms with Gasteiger partial charge in [-0.1, -0.05) is 25.1 Å². The molecule has 2 nitrogen and oxygen atoms in total. The molecule has 0 bridgehead atoms. The highest BCUT2D eigenvalue weighted by atomic mass is 19.2. The van der Waals surface area contributed by atoms with Crippen molar-refractivity contribution in [3.05, 3.63) is 53.1 Å². The Labute approximate surface area is 123 Å². The predicted octanol–water partition coefficient (Wildman–Crippen LogP) is 4.06. The van der Waals surface area contributed by atoms with Crippen LogP contribution in [0.15, 0.2) is 30.3 Å². The molecular weight excluding hydrogens is 272 g/mol. The summed E-state index contributed by atoms with van der Waals surface area (Å²) < 4.78 is 33.1. The highest BCUT2D eigenvalue weighted by Crippen LogP contribution is 2.30. The van der Waals surface area contributed by atoms with Crippen LogP contribution in [0.3, 0.4) is 0 Å². The van der Waals surface area contributed by atoms with Crippen molar-refractivity contribution >= 4 is 0 Å². The van der Waals surface area contributed by atoms with Crippen molar-refractivity contribution in [3.8, 4) is 16.9 Å². The van der Waals surface area contributed by atoms with Crippen molar-refractivity contribution in [2.75, 3.05) is 13.7 Å². The SMILES string of the molecule is CCNCc1cc(-c2ccc(C)c(F)c2F)ccc1OC. The molecule has 2 aromatic rings. The van der Waals surface area contributed by atoms with Crippen LogP contribution in [0, 0.1) is 18.6 Å². The van der Waals surface area contributed by atoms with Crippen LogP contribution in [-0.2, 0) is 6.54 Å². The minimum absolute atomic E-state index is 0.263. The number of methoxy groups -OCH3 is 1. The lowest BCUT2D eigenvalue weighted by atomic mass is 10.00. The Balaban J connectivity index is 2.47. The summed E-state index contributed by atoms with van der Waals surface area (Å²) in [6, 6.07) is 8.53. The minimum atomic E-state index is -0.811. The van der Waals surface area contributed by atoms with Crippen molar-refractivity contribution in [2.24, 2.45) is 0 Å². The van der Waals surface area contributed by atoms with Crippen molar-refractivity contribution < 1.29 is 13.5 Å². The maximum atomic E-state index is 14.1. The largest absolute Gasteiger partial charge is 0.496 e. The van der Waals surface area contributed by atoms with E-state index in [4.69, 9.17) is 4.74 Å². The minimum Gasteiger partial charge on any atom is -0.496 e. The summed E-state index contributed by atoms with van der Waals surface area (Å²) in [5.41, 5.74) is 2.12. The van der Waals surface area contributed by atoms with Crippen LogP contribution in [0.5, 0.6) is 5.75 Å². The fourth-order valence-corrected chi connectivity index (χ4v) is 2.21. The van der Waals surface area contributed by atoms with Gasteiger partial charge in [-0.15, -0.1) is 0 Å². The van der Waals surface area contributed by atoms with Gasteiger partial charge in [0.15, 0.2) is 11.6 Å². The van der Waals surface area contributed by atoms with Crippen LogP contribution in [0.25, 0.3) is 11.1 Å². The molecule has 0 atom stereocenters. The van der Waals surface area contributed by atoms with Gasteiger partial charge in [0, 0.05) is 17.7 Å². The number of nitrogens with one attached hydrogen (secondary N) is 1. The molecular formula is C17H19F2NO. The molecule has 1 N–H and O–H groups in total. The number of rotatable bonds is 5. The summed E-state index contributed by atoms with van der Waals surface area (Å²) in [4.78, 5) is 0. The molecule has 0 amide bonds. The van der Waals surface area contributed by atoms with Gasteiger partial charge >= 0.3 is 0 Å². The molecule has 0 aliphatic carbocycles. The van der Waals surface area contributed by atoms with E-state index in [1.807, 2.05) is 13.0 Å². The summed E-state index contributed by atoms with van der Waals surface area (Å²) >= 11 is 0. The maximum absolute atomic E-state index is 14.1. The summed E-state index contributed by atoms with van der Waals surface area (Å²) in [7, 11) is 1.59. The Morgan fingerprint density at radius 1 is 1.10 bits per heavy atom. The first-order valence-corrected chi connectivity index (χ1v) is 6.91. The van der Waals surface area contributed by atoms with Crippen LogP contribution in [0.4, 0.5) is 8.78 Å². The normalized spacial score (nSPS) is 10.7. The van der Waals surface area contributed by atoms with Crippen LogP contribution < -0.4 is 10.1 Å².